The highest BCUT2D eigenvalue weighted by Crippen LogP contribution is 2.23. The highest BCUT2D eigenvalue weighted by Gasteiger charge is 2.14. The van der Waals surface area contributed by atoms with Crippen molar-refractivity contribution in [3.8, 4) is 6.07 Å². The van der Waals surface area contributed by atoms with Gasteiger partial charge in [0.25, 0.3) is 0 Å². The number of amides is 1. The van der Waals surface area contributed by atoms with Crippen LogP contribution in [0.5, 0.6) is 0 Å². The van der Waals surface area contributed by atoms with Crippen LogP contribution >= 0.6 is 11.6 Å². The Bertz CT molecular complexity index is 486. The van der Waals surface area contributed by atoms with Crippen LogP contribution in [0.15, 0.2) is 18.2 Å². The van der Waals surface area contributed by atoms with Crippen LogP contribution in [-0.2, 0) is 4.79 Å². The number of benzene rings is 1. The van der Waals surface area contributed by atoms with Gasteiger partial charge in [-0.3, -0.25) is 4.79 Å². The molecule has 0 saturated carbocycles. The second kappa shape index (κ2) is 5.85. The van der Waals surface area contributed by atoms with Crippen molar-refractivity contribution in [1.82, 2.24) is 0 Å². The van der Waals surface area contributed by atoms with Crippen molar-refractivity contribution in [3.63, 3.8) is 0 Å². The first-order valence-corrected chi connectivity index (χ1v) is 5.98. The largest absolute Gasteiger partial charge is 0.326 e. The number of halogens is 1. The first kappa shape index (κ1) is 14.5. The molecule has 1 amide bonds. The predicted octanol–water partition coefficient (Wildman–Crippen LogP) is 2.67. The van der Waals surface area contributed by atoms with Gasteiger partial charge in [-0.25, -0.2) is 0 Å². The van der Waals surface area contributed by atoms with Crippen LogP contribution < -0.4 is 11.1 Å². The standard InChI is InChI=1S/C13H16ClN3O/c1-13(2,16)6-5-12(18)17-11-7-9(8-15)3-4-10(11)14/h3-4,7H,5-6,16H2,1-2H3,(H,17,18). The second-order valence-corrected chi connectivity index (χ2v) is 5.25. The van der Waals surface area contributed by atoms with E-state index in [4.69, 9.17) is 22.6 Å². The number of carbonyl (C=O) groups is 1. The van der Waals surface area contributed by atoms with Gasteiger partial charge in [0.05, 0.1) is 22.3 Å². The van der Waals surface area contributed by atoms with Crippen LogP contribution in [-0.4, -0.2) is 11.4 Å². The number of hydrogen-bond donors (Lipinski definition) is 2. The van der Waals surface area contributed by atoms with Gasteiger partial charge in [-0.05, 0) is 38.5 Å². The third kappa shape index (κ3) is 4.74. The average molecular weight is 266 g/mol. The molecule has 0 spiro atoms. The second-order valence-electron chi connectivity index (χ2n) is 4.84. The van der Waals surface area contributed by atoms with Crippen molar-refractivity contribution in [1.29, 1.82) is 5.26 Å². The van der Waals surface area contributed by atoms with Gasteiger partial charge in [0.2, 0.25) is 5.91 Å². The summed E-state index contributed by atoms with van der Waals surface area (Å²) in [5.74, 6) is -0.162. The molecule has 0 fully saturated rings. The van der Waals surface area contributed by atoms with Gasteiger partial charge in [-0.1, -0.05) is 11.6 Å². The molecule has 0 aliphatic carbocycles. The van der Waals surface area contributed by atoms with E-state index in [-0.39, 0.29) is 11.4 Å². The lowest BCUT2D eigenvalue weighted by Gasteiger charge is -2.17. The molecule has 0 radical (unpaired) electrons. The zero-order valence-electron chi connectivity index (χ0n) is 10.5. The topological polar surface area (TPSA) is 78.9 Å². The molecule has 1 aromatic rings. The Morgan fingerprint density at radius 3 is 2.78 bits per heavy atom. The lowest BCUT2D eigenvalue weighted by atomic mass is 10.00. The Morgan fingerprint density at radius 1 is 1.56 bits per heavy atom. The van der Waals surface area contributed by atoms with Gasteiger partial charge in [-0.15, -0.1) is 0 Å². The van der Waals surface area contributed by atoms with E-state index in [1.807, 2.05) is 19.9 Å². The molecule has 1 rings (SSSR count). The van der Waals surface area contributed by atoms with Crippen molar-refractivity contribution < 1.29 is 4.79 Å². The van der Waals surface area contributed by atoms with Crippen molar-refractivity contribution in [2.24, 2.45) is 5.73 Å². The molecule has 0 atom stereocenters. The van der Waals surface area contributed by atoms with Gasteiger partial charge >= 0.3 is 0 Å². The van der Waals surface area contributed by atoms with Crippen LogP contribution in [0.2, 0.25) is 5.02 Å². The Kier molecular flexibility index (Phi) is 4.71. The minimum Gasteiger partial charge on any atom is -0.326 e. The van der Waals surface area contributed by atoms with E-state index >= 15 is 0 Å². The molecule has 4 nitrogen and oxygen atoms in total. The molecule has 1 aromatic carbocycles. The molecule has 0 aromatic heterocycles. The maximum Gasteiger partial charge on any atom is 0.224 e. The fourth-order valence-electron chi connectivity index (χ4n) is 1.34. The fraction of sp³-hybridized carbons (Fsp3) is 0.385. The number of hydrogen-bond acceptors (Lipinski definition) is 3. The lowest BCUT2D eigenvalue weighted by Crippen LogP contribution is -2.33. The van der Waals surface area contributed by atoms with Gasteiger partial charge in [0, 0.05) is 12.0 Å². The van der Waals surface area contributed by atoms with E-state index in [1.54, 1.807) is 18.2 Å². The normalized spacial score (nSPS) is 10.8. The summed E-state index contributed by atoms with van der Waals surface area (Å²) in [6.07, 6.45) is 0.894. The van der Waals surface area contributed by atoms with Crippen LogP contribution in [0.1, 0.15) is 32.3 Å². The number of anilines is 1. The molecule has 18 heavy (non-hydrogen) atoms. The van der Waals surface area contributed by atoms with E-state index in [1.165, 1.54) is 0 Å². The van der Waals surface area contributed by atoms with Crippen LogP contribution in [0.3, 0.4) is 0 Å². The van der Waals surface area contributed by atoms with Crippen LogP contribution in [0, 0.1) is 11.3 Å². The summed E-state index contributed by atoms with van der Waals surface area (Å²) in [6, 6.07) is 6.73. The summed E-state index contributed by atoms with van der Waals surface area (Å²) in [4.78, 5) is 11.7. The van der Waals surface area contributed by atoms with E-state index < -0.39 is 0 Å². The maximum absolute atomic E-state index is 11.7. The van der Waals surface area contributed by atoms with Crippen molar-refractivity contribution in [2.75, 3.05) is 5.32 Å². The zero-order chi connectivity index (χ0) is 13.8. The molecule has 5 heteroatoms. The summed E-state index contributed by atoms with van der Waals surface area (Å²) in [6.45, 7) is 3.73. The van der Waals surface area contributed by atoms with Crippen LogP contribution in [0.4, 0.5) is 5.69 Å². The summed E-state index contributed by atoms with van der Waals surface area (Å²) in [5, 5.41) is 11.9. The molecule has 0 unspecified atom stereocenters. The highest BCUT2D eigenvalue weighted by molar-refractivity contribution is 6.33. The molecule has 0 saturated heterocycles. The third-order valence-corrected chi connectivity index (χ3v) is 2.70. The molecule has 3 N–H and O–H groups in total. The van der Waals surface area contributed by atoms with Gasteiger partial charge in [0.1, 0.15) is 0 Å². The van der Waals surface area contributed by atoms with Crippen LogP contribution in [0.25, 0.3) is 0 Å². The van der Waals surface area contributed by atoms with Crippen molar-refractivity contribution >= 4 is 23.2 Å². The molecule has 96 valence electrons. The van der Waals surface area contributed by atoms with E-state index in [2.05, 4.69) is 5.32 Å². The molecular formula is C13H16ClN3O. The summed E-state index contributed by atoms with van der Waals surface area (Å²) in [5.41, 5.74) is 6.33. The van der Waals surface area contributed by atoms with Gasteiger partial charge in [-0.2, -0.15) is 5.26 Å². The first-order valence-electron chi connectivity index (χ1n) is 5.60. The predicted molar refractivity (Wildman–Crippen MR) is 72.3 cm³/mol. The van der Waals surface area contributed by atoms with E-state index in [0.29, 0.717) is 29.1 Å². The smallest absolute Gasteiger partial charge is 0.224 e. The lowest BCUT2D eigenvalue weighted by molar-refractivity contribution is -0.116. The number of nitrogens with two attached hydrogens (primary N) is 1. The third-order valence-electron chi connectivity index (χ3n) is 2.37. The Labute approximate surface area is 112 Å². The summed E-state index contributed by atoms with van der Waals surface area (Å²) in [7, 11) is 0. The molecule has 0 aliphatic rings. The minimum atomic E-state index is -0.379. The number of nitrogens with one attached hydrogen (secondary N) is 1. The number of nitrogens with zero attached hydrogens (tertiary/aromatic N) is 1. The number of carbonyl (C=O) groups excluding carboxylic acids is 1. The highest BCUT2D eigenvalue weighted by atomic mass is 35.5. The minimum absolute atomic E-state index is 0.162. The molecular weight excluding hydrogens is 250 g/mol. The molecule has 0 aliphatic heterocycles. The summed E-state index contributed by atoms with van der Waals surface area (Å²) < 4.78 is 0. The van der Waals surface area contributed by atoms with Crippen molar-refractivity contribution in [3.05, 3.63) is 28.8 Å². The first-order chi connectivity index (χ1) is 8.31. The monoisotopic (exact) mass is 265 g/mol. The van der Waals surface area contributed by atoms with Gasteiger partial charge in [0.15, 0.2) is 0 Å². The average Bonchev–Trinajstić information content (AvgIpc) is 2.28. The summed E-state index contributed by atoms with van der Waals surface area (Å²) >= 11 is 5.94. The SMILES string of the molecule is CC(C)(N)CCC(=O)Nc1cc(C#N)ccc1Cl. The Morgan fingerprint density at radius 2 is 2.22 bits per heavy atom. The van der Waals surface area contributed by atoms with Crippen molar-refractivity contribution in [2.45, 2.75) is 32.2 Å². The van der Waals surface area contributed by atoms with E-state index in [0.717, 1.165) is 0 Å². The number of nitriles is 1. The zero-order valence-corrected chi connectivity index (χ0v) is 11.2. The quantitative estimate of drug-likeness (QED) is 0.878. The van der Waals surface area contributed by atoms with E-state index in [9.17, 15) is 4.79 Å². The molecule has 0 bridgehead atoms. The molecule has 0 heterocycles. The maximum atomic E-state index is 11.7. The fourth-order valence-corrected chi connectivity index (χ4v) is 1.50. The Hall–Kier alpha value is -1.57. The Balaban J connectivity index is 2.68. The number of rotatable bonds is 4. The van der Waals surface area contributed by atoms with Gasteiger partial charge < -0.3 is 11.1 Å².